The Hall–Kier alpha value is -1.31. The summed E-state index contributed by atoms with van der Waals surface area (Å²) in [4.78, 5) is 24.3. The molecule has 0 aromatic heterocycles. The highest BCUT2D eigenvalue weighted by Crippen LogP contribution is 2.04. The maximum Gasteiger partial charge on any atom is 0.312 e. The van der Waals surface area contributed by atoms with Crippen molar-refractivity contribution >= 4 is 22.1 Å². The van der Waals surface area contributed by atoms with Crippen LogP contribution in [0, 0.1) is 11.8 Å². The number of methoxy groups -OCH3 is 2. The molecule has 1 aliphatic rings. The maximum absolute atomic E-state index is 11.3. The molecule has 11 nitrogen and oxygen atoms in total. The van der Waals surface area contributed by atoms with Crippen LogP contribution in [-0.4, -0.2) is 98.3 Å². The molecular formula is C15H31N3O8S. The number of rotatable bonds is 9. The molecule has 0 radical (unpaired) electrons. The first-order valence-electron chi connectivity index (χ1n) is 8.38. The average molecular weight is 413 g/mol. The van der Waals surface area contributed by atoms with Gasteiger partial charge in [-0.1, -0.05) is 0 Å². The van der Waals surface area contributed by atoms with E-state index in [4.69, 9.17) is 16.2 Å². The summed E-state index contributed by atoms with van der Waals surface area (Å²) >= 11 is 0. The number of carbonyl (C=O) groups excluding carboxylic acids is 2. The molecule has 160 valence electrons. The fraction of sp³-hybridized carbons (Fsp3) is 0.867. The highest BCUT2D eigenvalue weighted by atomic mass is 32.2. The lowest BCUT2D eigenvalue weighted by Crippen LogP contribution is -2.43. The van der Waals surface area contributed by atoms with Crippen molar-refractivity contribution in [1.29, 1.82) is 0 Å². The van der Waals surface area contributed by atoms with Crippen LogP contribution in [-0.2, 0) is 38.1 Å². The van der Waals surface area contributed by atoms with Gasteiger partial charge in [-0.3, -0.25) is 18.7 Å². The summed E-state index contributed by atoms with van der Waals surface area (Å²) in [7, 11) is -0.941. The molecule has 0 saturated carbocycles. The zero-order valence-electron chi connectivity index (χ0n) is 16.1. The molecule has 1 heterocycles. The number of hydrogen-bond acceptors (Lipinski definition) is 11. The lowest BCUT2D eigenvalue weighted by molar-refractivity contribution is -0.146. The van der Waals surface area contributed by atoms with E-state index >= 15 is 0 Å². The zero-order chi connectivity index (χ0) is 20.9. The number of ether oxygens (including phenoxy) is 3. The molecule has 0 aliphatic carbocycles. The van der Waals surface area contributed by atoms with Crippen LogP contribution in [0.2, 0.25) is 0 Å². The molecule has 1 aliphatic heterocycles. The fourth-order valence-electron chi connectivity index (χ4n) is 2.11. The molecule has 12 heteroatoms. The van der Waals surface area contributed by atoms with Gasteiger partial charge in [0.1, 0.15) is 0 Å². The van der Waals surface area contributed by atoms with E-state index in [2.05, 4.69) is 18.6 Å². The maximum atomic E-state index is 11.3. The molecule has 0 spiro atoms. The van der Waals surface area contributed by atoms with Crippen molar-refractivity contribution in [2.24, 2.45) is 23.3 Å². The van der Waals surface area contributed by atoms with Gasteiger partial charge in [0.15, 0.2) is 0 Å². The van der Waals surface area contributed by atoms with Gasteiger partial charge in [0, 0.05) is 32.7 Å². The van der Waals surface area contributed by atoms with Gasteiger partial charge in [-0.25, -0.2) is 0 Å². The predicted molar refractivity (Wildman–Crippen MR) is 97.2 cm³/mol. The molecule has 1 rings (SSSR count). The molecule has 0 bridgehead atoms. The largest absolute Gasteiger partial charge is 0.469 e. The van der Waals surface area contributed by atoms with E-state index in [1.807, 2.05) is 0 Å². The summed E-state index contributed by atoms with van der Waals surface area (Å²) < 4.78 is 39.7. The van der Waals surface area contributed by atoms with Crippen molar-refractivity contribution in [2.45, 2.75) is 0 Å². The van der Waals surface area contributed by atoms with Crippen LogP contribution in [0.5, 0.6) is 0 Å². The van der Waals surface area contributed by atoms with Crippen molar-refractivity contribution in [3.05, 3.63) is 0 Å². The summed E-state index contributed by atoms with van der Waals surface area (Å²) in [6, 6.07) is 0. The van der Waals surface area contributed by atoms with Gasteiger partial charge in [0.05, 0.1) is 52.1 Å². The van der Waals surface area contributed by atoms with E-state index in [1.54, 1.807) is 0 Å². The summed E-state index contributed by atoms with van der Waals surface area (Å²) in [5, 5.41) is 0. The molecule has 4 N–H and O–H groups in total. The van der Waals surface area contributed by atoms with Gasteiger partial charge in [0.25, 0.3) is 10.1 Å². The van der Waals surface area contributed by atoms with Crippen LogP contribution in [0.1, 0.15) is 0 Å². The summed E-state index contributed by atoms with van der Waals surface area (Å²) in [5.41, 5.74) is 10.7. The van der Waals surface area contributed by atoms with E-state index in [1.165, 1.54) is 14.2 Å². The topological polar surface area (TPSA) is 160 Å². The molecule has 2 atom stereocenters. The van der Waals surface area contributed by atoms with Gasteiger partial charge >= 0.3 is 11.9 Å². The standard InChI is InChI=1S/C9H18N2O3.C6H13NO5S/c1-13-9(12)8(6-10)7-11-2-4-14-5-3-11;1-11-6(8)5(3-7)4-12-13(2,9)10/h8H,2-7,10H2,1H3;5H,3-4,7H2,1-2H3. The monoisotopic (exact) mass is 413 g/mol. The second-order valence-corrected chi connectivity index (χ2v) is 7.46. The minimum absolute atomic E-state index is 0.0117. The summed E-state index contributed by atoms with van der Waals surface area (Å²) in [5.74, 6) is -1.75. The first-order valence-corrected chi connectivity index (χ1v) is 10.2. The molecule has 0 aromatic carbocycles. The van der Waals surface area contributed by atoms with Gasteiger partial charge in [0.2, 0.25) is 0 Å². The van der Waals surface area contributed by atoms with E-state index in [0.717, 1.165) is 32.6 Å². The average Bonchev–Trinajstić information content (AvgIpc) is 2.66. The van der Waals surface area contributed by atoms with Crippen LogP contribution >= 0.6 is 0 Å². The summed E-state index contributed by atoms with van der Waals surface area (Å²) in [6.07, 6.45) is 0.901. The minimum Gasteiger partial charge on any atom is -0.469 e. The zero-order valence-corrected chi connectivity index (χ0v) is 16.9. The fourth-order valence-corrected chi connectivity index (χ4v) is 2.52. The lowest BCUT2D eigenvalue weighted by Gasteiger charge is -2.28. The lowest BCUT2D eigenvalue weighted by atomic mass is 10.1. The van der Waals surface area contributed by atoms with Crippen LogP contribution in [0.4, 0.5) is 0 Å². The Labute approximate surface area is 160 Å². The summed E-state index contributed by atoms with van der Waals surface area (Å²) in [6.45, 7) is 3.93. The van der Waals surface area contributed by atoms with Crippen molar-refractivity contribution < 1.29 is 36.4 Å². The van der Waals surface area contributed by atoms with Crippen LogP contribution in [0.25, 0.3) is 0 Å². The van der Waals surface area contributed by atoms with E-state index < -0.39 is 22.0 Å². The Balaban J connectivity index is 0.000000503. The van der Waals surface area contributed by atoms with Crippen LogP contribution < -0.4 is 11.5 Å². The molecule has 0 aromatic rings. The van der Waals surface area contributed by atoms with E-state index in [9.17, 15) is 18.0 Å². The molecule has 2 unspecified atom stereocenters. The van der Waals surface area contributed by atoms with Gasteiger partial charge in [-0.2, -0.15) is 8.42 Å². The molecule has 1 saturated heterocycles. The third-order valence-corrected chi connectivity index (χ3v) is 4.27. The number of esters is 2. The number of hydrogen-bond donors (Lipinski definition) is 2. The van der Waals surface area contributed by atoms with Gasteiger partial charge in [-0.15, -0.1) is 0 Å². The normalized spacial score (nSPS) is 17.2. The second-order valence-electron chi connectivity index (χ2n) is 5.81. The Kier molecular flexibility index (Phi) is 13.1. The number of nitrogens with two attached hydrogens (primary N) is 2. The number of morpholine rings is 1. The highest BCUT2D eigenvalue weighted by molar-refractivity contribution is 7.85. The Morgan fingerprint density at radius 2 is 1.52 bits per heavy atom. The Morgan fingerprint density at radius 3 is 1.93 bits per heavy atom. The molecule has 0 amide bonds. The molecular weight excluding hydrogens is 382 g/mol. The predicted octanol–water partition coefficient (Wildman–Crippen LogP) is -2.22. The van der Waals surface area contributed by atoms with Crippen LogP contribution in [0.15, 0.2) is 0 Å². The van der Waals surface area contributed by atoms with Crippen molar-refractivity contribution in [3.63, 3.8) is 0 Å². The second kappa shape index (κ2) is 13.8. The van der Waals surface area contributed by atoms with E-state index in [-0.39, 0.29) is 25.0 Å². The van der Waals surface area contributed by atoms with Gasteiger partial charge in [-0.05, 0) is 0 Å². The third kappa shape index (κ3) is 11.9. The van der Waals surface area contributed by atoms with E-state index in [0.29, 0.717) is 13.1 Å². The number of nitrogens with zero attached hydrogens (tertiary/aromatic N) is 1. The Bertz CT molecular complexity index is 537. The minimum atomic E-state index is -3.53. The van der Waals surface area contributed by atoms with Crippen molar-refractivity contribution in [3.8, 4) is 0 Å². The first-order chi connectivity index (χ1) is 12.7. The van der Waals surface area contributed by atoms with Gasteiger partial charge < -0.3 is 25.7 Å². The van der Waals surface area contributed by atoms with Crippen molar-refractivity contribution in [1.82, 2.24) is 4.90 Å². The van der Waals surface area contributed by atoms with Crippen LogP contribution in [0.3, 0.4) is 0 Å². The molecule has 1 fully saturated rings. The quantitative estimate of drug-likeness (QED) is 0.311. The number of carbonyl (C=O) groups is 2. The Morgan fingerprint density at radius 1 is 1.04 bits per heavy atom. The molecule has 27 heavy (non-hydrogen) atoms. The first kappa shape index (κ1) is 25.7. The smallest absolute Gasteiger partial charge is 0.312 e. The third-order valence-electron chi connectivity index (χ3n) is 3.70. The highest BCUT2D eigenvalue weighted by Gasteiger charge is 2.22. The van der Waals surface area contributed by atoms with Crippen molar-refractivity contribution in [2.75, 3.05) is 73.0 Å². The SMILES string of the molecule is COC(=O)C(CN)CN1CCOCC1.COC(=O)C(CN)COS(C)(=O)=O.